The van der Waals surface area contributed by atoms with E-state index in [0.717, 1.165) is 44.7 Å². The molecular weight excluding hydrogens is 286 g/mol. The minimum atomic E-state index is 0.104. The molecule has 1 aliphatic rings. The van der Waals surface area contributed by atoms with Crippen LogP contribution in [0.25, 0.3) is 0 Å². The Hall–Kier alpha value is -2.33. The Morgan fingerprint density at radius 1 is 0.913 bits per heavy atom. The zero-order valence-electron chi connectivity index (χ0n) is 13.3. The van der Waals surface area contributed by atoms with Crippen molar-refractivity contribution < 1.29 is 4.79 Å². The quantitative estimate of drug-likeness (QED) is 0.882. The summed E-state index contributed by atoms with van der Waals surface area (Å²) in [5.74, 6) is 0.104. The number of hydrogen-bond donors (Lipinski definition) is 1. The molecule has 1 fully saturated rings. The number of carbonyl (C=O) groups is 1. The van der Waals surface area contributed by atoms with Gasteiger partial charge in [0.1, 0.15) is 0 Å². The number of amides is 1. The van der Waals surface area contributed by atoms with Gasteiger partial charge in [0.25, 0.3) is 5.91 Å². The molecule has 0 aromatic heterocycles. The van der Waals surface area contributed by atoms with Crippen LogP contribution in [0.15, 0.2) is 54.6 Å². The first-order valence-electron chi connectivity index (χ1n) is 8.13. The smallest absolute Gasteiger partial charge is 0.253 e. The van der Waals surface area contributed by atoms with Crippen LogP contribution in [-0.4, -0.2) is 48.4 Å². The summed E-state index contributed by atoms with van der Waals surface area (Å²) in [5, 5.41) is 0. The molecule has 4 heteroatoms. The molecule has 1 saturated heterocycles. The van der Waals surface area contributed by atoms with Gasteiger partial charge in [-0.2, -0.15) is 0 Å². The Bertz CT molecular complexity index is 631. The van der Waals surface area contributed by atoms with Gasteiger partial charge in [0.05, 0.1) is 0 Å². The molecule has 1 aliphatic heterocycles. The summed E-state index contributed by atoms with van der Waals surface area (Å²) in [6.45, 7) is 4.50. The van der Waals surface area contributed by atoms with Crippen LogP contribution in [0.2, 0.25) is 0 Å². The van der Waals surface area contributed by atoms with E-state index in [9.17, 15) is 4.79 Å². The van der Waals surface area contributed by atoms with Crippen LogP contribution in [0.1, 0.15) is 15.9 Å². The molecule has 4 nitrogen and oxygen atoms in total. The number of nitrogen functional groups attached to an aromatic ring is 1. The highest BCUT2D eigenvalue weighted by atomic mass is 16.2. The minimum Gasteiger partial charge on any atom is -0.399 e. The Balaban J connectivity index is 1.48. The first kappa shape index (κ1) is 15.6. The lowest BCUT2D eigenvalue weighted by molar-refractivity contribution is 0.0638. The van der Waals surface area contributed by atoms with Crippen molar-refractivity contribution in [2.45, 2.75) is 6.42 Å². The van der Waals surface area contributed by atoms with Crippen molar-refractivity contribution in [2.75, 3.05) is 38.5 Å². The molecule has 0 spiro atoms. The molecule has 23 heavy (non-hydrogen) atoms. The van der Waals surface area contributed by atoms with E-state index in [0.29, 0.717) is 5.69 Å². The van der Waals surface area contributed by atoms with Gasteiger partial charge in [-0.25, -0.2) is 0 Å². The lowest BCUT2D eigenvalue weighted by Crippen LogP contribution is -2.49. The molecule has 0 radical (unpaired) electrons. The van der Waals surface area contributed by atoms with Crippen LogP contribution < -0.4 is 5.73 Å². The van der Waals surface area contributed by atoms with Crippen molar-refractivity contribution in [1.29, 1.82) is 0 Å². The van der Waals surface area contributed by atoms with Crippen molar-refractivity contribution in [3.8, 4) is 0 Å². The highest BCUT2D eigenvalue weighted by molar-refractivity contribution is 5.94. The second-order valence-electron chi connectivity index (χ2n) is 5.99. The van der Waals surface area contributed by atoms with Crippen LogP contribution in [-0.2, 0) is 6.42 Å². The maximum atomic E-state index is 12.5. The van der Waals surface area contributed by atoms with Gasteiger partial charge in [-0.1, -0.05) is 30.3 Å². The largest absolute Gasteiger partial charge is 0.399 e. The van der Waals surface area contributed by atoms with Crippen molar-refractivity contribution >= 4 is 11.6 Å². The fourth-order valence-corrected chi connectivity index (χ4v) is 2.91. The fraction of sp³-hybridized carbons (Fsp3) is 0.316. The van der Waals surface area contributed by atoms with E-state index in [1.807, 2.05) is 11.0 Å². The maximum absolute atomic E-state index is 12.5. The third kappa shape index (κ3) is 4.11. The predicted octanol–water partition coefficient (Wildman–Crippen LogP) is 2.27. The van der Waals surface area contributed by atoms with E-state index in [4.69, 9.17) is 5.73 Å². The van der Waals surface area contributed by atoms with E-state index >= 15 is 0 Å². The highest BCUT2D eigenvalue weighted by Gasteiger charge is 2.21. The Morgan fingerprint density at radius 3 is 2.22 bits per heavy atom. The number of benzene rings is 2. The van der Waals surface area contributed by atoms with Crippen LogP contribution in [0.5, 0.6) is 0 Å². The summed E-state index contributed by atoms with van der Waals surface area (Å²) in [5.41, 5.74) is 8.45. The third-order valence-electron chi connectivity index (χ3n) is 4.38. The van der Waals surface area contributed by atoms with Crippen LogP contribution in [0, 0.1) is 0 Å². The summed E-state index contributed by atoms with van der Waals surface area (Å²) >= 11 is 0. The number of piperazine rings is 1. The van der Waals surface area contributed by atoms with Gasteiger partial charge in [-0.15, -0.1) is 0 Å². The monoisotopic (exact) mass is 309 g/mol. The molecule has 2 N–H and O–H groups in total. The molecule has 0 atom stereocenters. The first-order valence-corrected chi connectivity index (χ1v) is 8.13. The Kier molecular flexibility index (Phi) is 4.93. The SMILES string of the molecule is Nc1ccc(C(=O)N2CCN(CCc3ccccc3)CC2)cc1. The number of hydrogen-bond acceptors (Lipinski definition) is 3. The minimum absolute atomic E-state index is 0.104. The van der Waals surface area contributed by atoms with E-state index in [1.54, 1.807) is 24.3 Å². The third-order valence-corrected chi connectivity index (χ3v) is 4.38. The summed E-state index contributed by atoms with van der Waals surface area (Å²) in [6, 6.07) is 17.7. The lowest BCUT2D eigenvalue weighted by atomic mass is 10.1. The number of carbonyl (C=O) groups excluding carboxylic acids is 1. The highest BCUT2D eigenvalue weighted by Crippen LogP contribution is 2.11. The van der Waals surface area contributed by atoms with Gasteiger partial charge in [0.15, 0.2) is 0 Å². The lowest BCUT2D eigenvalue weighted by Gasteiger charge is -2.34. The van der Waals surface area contributed by atoms with Crippen molar-refractivity contribution in [2.24, 2.45) is 0 Å². The molecule has 2 aromatic carbocycles. The van der Waals surface area contributed by atoms with Gasteiger partial charge in [0.2, 0.25) is 0 Å². The summed E-state index contributed by atoms with van der Waals surface area (Å²) in [6.07, 6.45) is 1.06. The van der Waals surface area contributed by atoms with Crippen molar-refractivity contribution in [3.63, 3.8) is 0 Å². The molecule has 3 rings (SSSR count). The summed E-state index contributed by atoms with van der Waals surface area (Å²) < 4.78 is 0. The molecule has 0 bridgehead atoms. The molecule has 0 aliphatic carbocycles. The van der Waals surface area contributed by atoms with Gasteiger partial charge >= 0.3 is 0 Å². The molecule has 0 unspecified atom stereocenters. The van der Waals surface area contributed by atoms with E-state index < -0.39 is 0 Å². The number of nitrogens with zero attached hydrogens (tertiary/aromatic N) is 2. The molecule has 1 amide bonds. The van der Waals surface area contributed by atoms with Gasteiger partial charge < -0.3 is 10.6 Å². The molecule has 1 heterocycles. The second-order valence-corrected chi connectivity index (χ2v) is 5.99. The topological polar surface area (TPSA) is 49.6 Å². The van der Waals surface area contributed by atoms with Crippen LogP contribution in [0.4, 0.5) is 5.69 Å². The molecule has 0 saturated carbocycles. The zero-order chi connectivity index (χ0) is 16.1. The predicted molar refractivity (Wildman–Crippen MR) is 93.3 cm³/mol. The first-order chi connectivity index (χ1) is 11.2. The van der Waals surface area contributed by atoms with E-state index in [2.05, 4.69) is 29.2 Å². The maximum Gasteiger partial charge on any atom is 0.253 e. The average molecular weight is 309 g/mol. The van der Waals surface area contributed by atoms with Crippen LogP contribution >= 0.6 is 0 Å². The van der Waals surface area contributed by atoms with Crippen molar-refractivity contribution in [1.82, 2.24) is 9.80 Å². The van der Waals surface area contributed by atoms with Crippen LogP contribution in [0.3, 0.4) is 0 Å². The second kappa shape index (κ2) is 7.29. The van der Waals surface area contributed by atoms with Gasteiger partial charge in [-0.05, 0) is 36.2 Å². The molecule has 120 valence electrons. The molecule has 2 aromatic rings. The van der Waals surface area contributed by atoms with Gasteiger partial charge in [-0.3, -0.25) is 9.69 Å². The Labute approximate surface area is 137 Å². The summed E-state index contributed by atoms with van der Waals surface area (Å²) in [7, 11) is 0. The van der Waals surface area contributed by atoms with Crippen molar-refractivity contribution in [3.05, 3.63) is 65.7 Å². The number of nitrogens with two attached hydrogens (primary N) is 1. The number of rotatable bonds is 4. The molecular formula is C19H23N3O. The number of anilines is 1. The van der Waals surface area contributed by atoms with E-state index in [-0.39, 0.29) is 5.91 Å². The normalized spacial score (nSPS) is 15.6. The zero-order valence-corrected chi connectivity index (χ0v) is 13.3. The standard InChI is InChI=1S/C19H23N3O/c20-18-8-6-17(7-9-18)19(23)22-14-12-21(13-15-22)11-10-16-4-2-1-3-5-16/h1-9H,10-15,20H2. The average Bonchev–Trinajstić information content (AvgIpc) is 2.61. The fourth-order valence-electron chi connectivity index (χ4n) is 2.91. The van der Waals surface area contributed by atoms with Gasteiger partial charge in [0, 0.05) is 44.0 Å². The summed E-state index contributed by atoms with van der Waals surface area (Å²) in [4.78, 5) is 16.8. The Morgan fingerprint density at radius 2 is 1.57 bits per heavy atom. The van der Waals surface area contributed by atoms with E-state index in [1.165, 1.54) is 5.56 Å².